The quantitative estimate of drug-likeness (QED) is 0.494. The lowest BCUT2D eigenvalue weighted by Crippen LogP contribution is -2.17. The minimum Gasteiger partial charge on any atom is -0.502 e. The minimum atomic E-state index is -1.10. The minimum absolute atomic E-state index is 0. The number of carboxylic acid groups (broad SMARTS) is 2. The van der Waals surface area contributed by atoms with Crippen LogP contribution in [0.4, 0.5) is 0 Å². The van der Waals surface area contributed by atoms with Gasteiger partial charge >= 0.3 is 11.9 Å². The molecular formula is C7H13NO5S. The van der Waals surface area contributed by atoms with E-state index in [1.807, 2.05) is 0 Å². The summed E-state index contributed by atoms with van der Waals surface area (Å²) in [5.74, 6) is -2.89. The van der Waals surface area contributed by atoms with Crippen LogP contribution in [0.1, 0.15) is 19.3 Å². The highest BCUT2D eigenvalue weighted by molar-refractivity contribution is 7.80. The maximum absolute atomic E-state index is 10.2. The Labute approximate surface area is 86.1 Å². The predicted molar refractivity (Wildman–Crippen MR) is 52.9 cm³/mol. The first kappa shape index (κ1) is 15.3. The van der Waals surface area contributed by atoms with Crippen LogP contribution in [0, 0.1) is 5.92 Å². The topological polar surface area (TPSA) is 130 Å². The SMILES string of the molecule is N.O=C(O)CCC(CC(=O)O)C(O)=S. The lowest BCUT2D eigenvalue weighted by molar-refractivity contribution is -0.139. The van der Waals surface area contributed by atoms with Gasteiger partial charge in [-0.15, -0.1) is 0 Å². The van der Waals surface area contributed by atoms with Gasteiger partial charge in [-0.1, -0.05) is 0 Å². The van der Waals surface area contributed by atoms with Crippen molar-refractivity contribution in [2.75, 3.05) is 0 Å². The summed E-state index contributed by atoms with van der Waals surface area (Å²) in [5, 5.41) is 25.1. The molecule has 1 atom stereocenters. The Kier molecular flexibility index (Phi) is 7.87. The smallest absolute Gasteiger partial charge is 0.304 e. The zero-order valence-corrected chi connectivity index (χ0v) is 8.29. The van der Waals surface area contributed by atoms with Gasteiger partial charge in [0.15, 0.2) is 5.05 Å². The van der Waals surface area contributed by atoms with Crippen LogP contribution < -0.4 is 6.15 Å². The fourth-order valence-corrected chi connectivity index (χ4v) is 1.02. The first-order valence-corrected chi connectivity index (χ1v) is 4.00. The summed E-state index contributed by atoms with van der Waals surface area (Å²) in [7, 11) is 0. The molecule has 0 heterocycles. The molecule has 0 radical (unpaired) electrons. The number of thiocarbonyl (C=S) groups is 1. The van der Waals surface area contributed by atoms with Gasteiger partial charge in [0.1, 0.15) is 0 Å². The van der Waals surface area contributed by atoms with E-state index in [0.29, 0.717) is 0 Å². The molecule has 1 unspecified atom stereocenters. The number of aliphatic hydroxyl groups is 1. The fraction of sp³-hybridized carbons (Fsp3) is 0.571. The van der Waals surface area contributed by atoms with Gasteiger partial charge in [-0.3, -0.25) is 9.59 Å². The van der Waals surface area contributed by atoms with Gasteiger partial charge in [0.05, 0.1) is 6.42 Å². The number of rotatable bonds is 6. The van der Waals surface area contributed by atoms with Crippen LogP contribution in [0.2, 0.25) is 0 Å². The Morgan fingerprint density at radius 2 is 1.64 bits per heavy atom. The Morgan fingerprint density at radius 3 is 1.93 bits per heavy atom. The lowest BCUT2D eigenvalue weighted by Gasteiger charge is -2.09. The number of aliphatic hydroxyl groups excluding tert-OH is 1. The Balaban J connectivity index is 0. The van der Waals surface area contributed by atoms with E-state index in [4.69, 9.17) is 15.3 Å². The molecule has 0 aromatic heterocycles. The van der Waals surface area contributed by atoms with Crippen molar-refractivity contribution in [3.63, 3.8) is 0 Å². The van der Waals surface area contributed by atoms with Crippen LogP contribution in [-0.4, -0.2) is 32.3 Å². The molecule has 0 amide bonds. The van der Waals surface area contributed by atoms with Crippen LogP contribution in [0.15, 0.2) is 0 Å². The van der Waals surface area contributed by atoms with Crippen molar-refractivity contribution in [1.82, 2.24) is 6.15 Å². The summed E-state index contributed by atoms with van der Waals surface area (Å²) >= 11 is 4.39. The molecule has 0 aromatic carbocycles. The molecule has 0 fully saturated rings. The molecule has 0 bridgehead atoms. The lowest BCUT2D eigenvalue weighted by atomic mass is 10.0. The second-order valence-electron chi connectivity index (χ2n) is 2.57. The molecule has 82 valence electrons. The van der Waals surface area contributed by atoms with Crippen LogP contribution in [0.3, 0.4) is 0 Å². The van der Waals surface area contributed by atoms with Gasteiger partial charge in [-0.2, -0.15) is 0 Å². The molecule has 0 rings (SSSR count). The summed E-state index contributed by atoms with van der Waals surface area (Å²) < 4.78 is 0. The molecule has 0 spiro atoms. The fourth-order valence-electron chi connectivity index (χ4n) is 0.821. The Bertz CT molecular complexity index is 230. The van der Waals surface area contributed by atoms with Gasteiger partial charge < -0.3 is 21.5 Å². The van der Waals surface area contributed by atoms with Gasteiger partial charge in [-0.25, -0.2) is 0 Å². The molecule has 0 aromatic rings. The van der Waals surface area contributed by atoms with E-state index in [-0.39, 0.29) is 25.4 Å². The van der Waals surface area contributed by atoms with Crippen molar-refractivity contribution >= 4 is 29.2 Å². The molecule has 0 aliphatic heterocycles. The first-order valence-electron chi connectivity index (χ1n) is 3.60. The van der Waals surface area contributed by atoms with Crippen LogP contribution in [-0.2, 0) is 9.59 Å². The highest BCUT2D eigenvalue weighted by Crippen LogP contribution is 2.12. The van der Waals surface area contributed by atoms with Crippen molar-refractivity contribution in [1.29, 1.82) is 0 Å². The average Bonchev–Trinajstić information content (AvgIpc) is 1.96. The highest BCUT2D eigenvalue weighted by Gasteiger charge is 2.18. The maximum atomic E-state index is 10.2. The number of hydrogen-bond donors (Lipinski definition) is 4. The molecule has 6 N–H and O–H groups in total. The molecule has 0 saturated carbocycles. The van der Waals surface area contributed by atoms with Crippen molar-refractivity contribution in [3.8, 4) is 0 Å². The molecule has 0 saturated heterocycles. The molecule has 6 nitrogen and oxygen atoms in total. The molecule has 0 aliphatic carbocycles. The second-order valence-corrected chi connectivity index (χ2v) is 2.98. The van der Waals surface area contributed by atoms with E-state index in [1.54, 1.807) is 0 Å². The van der Waals surface area contributed by atoms with Gasteiger partial charge in [0, 0.05) is 12.3 Å². The third-order valence-corrected chi connectivity index (χ3v) is 1.81. The third kappa shape index (κ3) is 7.44. The average molecular weight is 223 g/mol. The predicted octanol–water partition coefficient (Wildman–Crippen LogP) is 0.989. The number of carbonyl (C=O) groups is 2. The van der Waals surface area contributed by atoms with Crippen LogP contribution in [0.25, 0.3) is 0 Å². The normalized spacial score (nSPS) is 11.1. The van der Waals surface area contributed by atoms with E-state index in [9.17, 15) is 9.59 Å². The number of carboxylic acids is 2. The van der Waals surface area contributed by atoms with Gasteiger partial charge in [-0.05, 0) is 18.6 Å². The second kappa shape index (κ2) is 7.22. The molecule has 14 heavy (non-hydrogen) atoms. The van der Waals surface area contributed by atoms with Crippen LogP contribution in [0.5, 0.6) is 0 Å². The standard InChI is InChI=1S/C7H10O5S.H3N/c8-5(9)2-1-4(7(12)13)3-6(10)11;/h4H,1-3H2,(H,8,9)(H,10,11)(H,12,13);1H3. The zero-order valence-electron chi connectivity index (χ0n) is 7.47. The van der Waals surface area contributed by atoms with Crippen LogP contribution >= 0.6 is 12.2 Å². The van der Waals surface area contributed by atoms with Crippen molar-refractivity contribution in [3.05, 3.63) is 0 Å². The Morgan fingerprint density at radius 1 is 1.14 bits per heavy atom. The first-order chi connectivity index (χ1) is 5.93. The summed E-state index contributed by atoms with van der Waals surface area (Å²) in [4.78, 5) is 20.4. The monoisotopic (exact) mass is 223 g/mol. The van der Waals surface area contributed by atoms with E-state index in [0.717, 1.165) is 0 Å². The zero-order chi connectivity index (χ0) is 10.4. The highest BCUT2D eigenvalue weighted by atomic mass is 32.1. The third-order valence-electron chi connectivity index (χ3n) is 1.48. The van der Waals surface area contributed by atoms with Crippen molar-refractivity contribution in [2.24, 2.45) is 5.92 Å². The molecule has 0 aliphatic rings. The summed E-state index contributed by atoms with van der Waals surface area (Å²) in [6, 6.07) is 0. The van der Waals surface area contributed by atoms with E-state index >= 15 is 0 Å². The summed E-state index contributed by atoms with van der Waals surface area (Å²) in [6.07, 6.45) is -0.474. The van der Waals surface area contributed by atoms with Crippen molar-refractivity contribution < 1.29 is 24.9 Å². The maximum Gasteiger partial charge on any atom is 0.304 e. The van der Waals surface area contributed by atoms with Gasteiger partial charge in [0.25, 0.3) is 0 Å². The number of aliphatic carboxylic acids is 2. The number of hydrogen-bond acceptors (Lipinski definition) is 4. The van der Waals surface area contributed by atoms with E-state index in [1.165, 1.54) is 0 Å². The largest absolute Gasteiger partial charge is 0.502 e. The molecule has 7 heteroatoms. The molecular weight excluding hydrogens is 210 g/mol. The van der Waals surface area contributed by atoms with Crippen molar-refractivity contribution in [2.45, 2.75) is 19.3 Å². The summed E-state index contributed by atoms with van der Waals surface area (Å²) in [6.45, 7) is 0. The van der Waals surface area contributed by atoms with E-state index in [2.05, 4.69) is 12.2 Å². The van der Waals surface area contributed by atoms with Gasteiger partial charge in [0.2, 0.25) is 0 Å². The van der Waals surface area contributed by atoms with E-state index < -0.39 is 22.9 Å². The Hall–Kier alpha value is -1.21. The summed E-state index contributed by atoms with van der Waals surface area (Å²) in [5.41, 5.74) is 0.